The van der Waals surface area contributed by atoms with Gasteiger partial charge in [-0.05, 0) is 44.4 Å². The third-order valence-corrected chi connectivity index (χ3v) is 5.36. The molecule has 0 aliphatic heterocycles. The molecule has 1 saturated carbocycles. The van der Waals surface area contributed by atoms with Crippen LogP contribution in [0.5, 0.6) is 0 Å². The predicted molar refractivity (Wildman–Crippen MR) is 86.9 cm³/mol. The minimum Gasteiger partial charge on any atom is -0.399 e. The number of hydrogen-bond acceptors (Lipinski definition) is 4. The van der Waals surface area contributed by atoms with Crippen LogP contribution in [0.3, 0.4) is 0 Å². The highest BCUT2D eigenvalue weighted by atomic mass is 32.2. The lowest BCUT2D eigenvalue weighted by Crippen LogP contribution is -2.37. The van der Waals surface area contributed by atoms with Gasteiger partial charge in [0.25, 0.3) is 0 Å². The fourth-order valence-corrected chi connectivity index (χ4v) is 4.14. The first-order chi connectivity index (χ1) is 9.84. The summed E-state index contributed by atoms with van der Waals surface area (Å²) >= 11 is 0. The molecule has 1 aromatic rings. The van der Waals surface area contributed by atoms with Crippen LogP contribution in [0, 0.1) is 6.92 Å². The van der Waals surface area contributed by atoms with E-state index < -0.39 is 10.0 Å². The van der Waals surface area contributed by atoms with Gasteiger partial charge >= 0.3 is 0 Å². The Bertz CT molecular complexity index is 608. The van der Waals surface area contributed by atoms with Crippen molar-refractivity contribution in [3.05, 3.63) is 17.7 Å². The van der Waals surface area contributed by atoms with Gasteiger partial charge in [0.1, 0.15) is 0 Å². The van der Waals surface area contributed by atoms with Gasteiger partial charge in [-0.2, -0.15) is 0 Å². The highest BCUT2D eigenvalue weighted by Gasteiger charge is 2.24. The van der Waals surface area contributed by atoms with Gasteiger partial charge in [-0.25, -0.2) is 13.6 Å². The van der Waals surface area contributed by atoms with E-state index in [0.717, 1.165) is 25.1 Å². The molecule has 1 aliphatic rings. The number of nitrogen functional groups attached to an aromatic ring is 1. The van der Waals surface area contributed by atoms with E-state index in [2.05, 4.69) is 11.8 Å². The summed E-state index contributed by atoms with van der Waals surface area (Å²) in [7, 11) is -3.76. The number of rotatable bonds is 4. The quantitative estimate of drug-likeness (QED) is 0.835. The maximum atomic E-state index is 11.7. The molecule has 0 aromatic heterocycles. The molecule has 0 spiro atoms. The summed E-state index contributed by atoms with van der Waals surface area (Å²) in [5.41, 5.74) is 7.93. The second kappa shape index (κ2) is 6.23. The van der Waals surface area contributed by atoms with Gasteiger partial charge in [-0.15, -0.1) is 0 Å². The number of sulfonamides is 1. The number of nitrogens with two attached hydrogens (primary N) is 2. The topological polar surface area (TPSA) is 89.4 Å². The summed E-state index contributed by atoms with van der Waals surface area (Å²) < 4.78 is 23.5. The van der Waals surface area contributed by atoms with Crippen LogP contribution in [-0.4, -0.2) is 21.0 Å². The Kier molecular flexibility index (Phi) is 4.78. The van der Waals surface area contributed by atoms with Crippen molar-refractivity contribution >= 4 is 21.4 Å². The molecule has 2 rings (SSSR count). The van der Waals surface area contributed by atoms with Crippen molar-refractivity contribution in [3.63, 3.8) is 0 Å². The highest BCUT2D eigenvalue weighted by Crippen LogP contribution is 2.33. The van der Waals surface area contributed by atoms with Crippen LogP contribution in [0.1, 0.15) is 44.6 Å². The molecule has 4 N–H and O–H groups in total. The Hall–Kier alpha value is -1.27. The van der Waals surface area contributed by atoms with Crippen molar-refractivity contribution in [3.8, 4) is 0 Å². The van der Waals surface area contributed by atoms with E-state index in [1.807, 2.05) is 6.07 Å². The van der Waals surface area contributed by atoms with E-state index in [-0.39, 0.29) is 4.90 Å². The van der Waals surface area contributed by atoms with Crippen molar-refractivity contribution in [2.24, 2.45) is 5.14 Å². The molecular formula is C15H25N3O2S. The molecule has 0 amide bonds. The van der Waals surface area contributed by atoms with Gasteiger partial charge in [0, 0.05) is 24.0 Å². The Morgan fingerprint density at radius 1 is 1.24 bits per heavy atom. The van der Waals surface area contributed by atoms with Crippen LogP contribution >= 0.6 is 0 Å². The maximum absolute atomic E-state index is 11.7. The molecule has 6 heteroatoms. The zero-order valence-corrected chi connectivity index (χ0v) is 13.6. The van der Waals surface area contributed by atoms with Crippen molar-refractivity contribution in [2.75, 3.05) is 17.2 Å². The lowest BCUT2D eigenvalue weighted by Gasteiger charge is -2.36. The van der Waals surface area contributed by atoms with Gasteiger partial charge in [0.15, 0.2) is 0 Å². The molecule has 21 heavy (non-hydrogen) atoms. The molecule has 1 fully saturated rings. The van der Waals surface area contributed by atoms with E-state index in [9.17, 15) is 8.42 Å². The van der Waals surface area contributed by atoms with Crippen molar-refractivity contribution in [1.82, 2.24) is 0 Å². The van der Waals surface area contributed by atoms with Crippen LogP contribution in [0.4, 0.5) is 11.4 Å². The smallest absolute Gasteiger partial charge is 0.238 e. The van der Waals surface area contributed by atoms with Crippen LogP contribution in [0.25, 0.3) is 0 Å². The van der Waals surface area contributed by atoms with Crippen molar-refractivity contribution in [1.29, 1.82) is 0 Å². The third-order valence-electron chi connectivity index (χ3n) is 4.33. The number of anilines is 2. The number of benzene rings is 1. The van der Waals surface area contributed by atoms with Crippen LogP contribution in [0.2, 0.25) is 0 Å². The number of nitrogens with zero attached hydrogens (tertiary/aromatic N) is 1. The summed E-state index contributed by atoms with van der Waals surface area (Å²) in [6.07, 6.45) is 6.03. The SMILES string of the molecule is CCN(c1cc(N)cc(S(N)(=O)=O)c1C)C1CCCCC1. The third kappa shape index (κ3) is 3.49. The van der Waals surface area contributed by atoms with E-state index in [0.29, 0.717) is 17.3 Å². The zero-order valence-electron chi connectivity index (χ0n) is 12.8. The van der Waals surface area contributed by atoms with E-state index in [4.69, 9.17) is 10.9 Å². The molecule has 0 heterocycles. The molecule has 1 aliphatic carbocycles. The summed E-state index contributed by atoms with van der Waals surface area (Å²) in [6.45, 7) is 4.73. The molecule has 0 bridgehead atoms. The van der Waals surface area contributed by atoms with Gasteiger partial charge in [-0.1, -0.05) is 19.3 Å². The fraction of sp³-hybridized carbons (Fsp3) is 0.600. The minimum absolute atomic E-state index is 0.131. The average molecular weight is 311 g/mol. The predicted octanol–water partition coefficient (Wildman–Crippen LogP) is 2.38. The maximum Gasteiger partial charge on any atom is 0.238 e. The molecule has 1 aromatic carbocycles. The zero-order chi connectivity index (χ0) is 15.6. The van der Waals surface area contributed by atoms with Crippen molar-refractivity contribution in [2.45, 2.75) is 56.9 Å². The van der Waals surface area contributed by atoms with E-state index in [1.54, 1.807) is 6.92 Å². The second-order valence-electron chi connectivity index (χ2n) is 5.79. The standard InChI is InChI=1S/C15H25N3O2S/c1-3-18(13-7-5-4-6-8-13)14-9-12(16)10-15(11(14)2)21(17,19)20/h9-10,13H,3-8,16H2,1-2H3,(H2,17,19,20). The van der Waals surface area contributed by atoms with Gasteiger partial charge in [-0.3, -0.25) is 0 Å². The number of hydrogen-bond donors (Lipinski definition) is 2. The largest absolute Gasteiger partial charge is 0.399 e. The molecule has 0 radical (unpaired) electrons. The van der Waals surface area contributed by atoms with Gasteiger partial charge < -0.3 is 10.6 Å². The van der Waals surface area contributed by atoms with E-state index in [1.165, 1.54) is 25.3 Å². The summed E-state index contributed by atoms with van der Waals surface area (Å²) in [4.78, 5) is 2.41. The first-order valence-electron chi connectivity index (χ1n) is 7.54. The normalized spacial score (nSPS) is 16.9. The monoisotopic (exact) mass is 311 g/mol. The van der Waals surface area contributed by atoms with Gasteiger partial charge in [0.2, 0.25) is 10.0 Å². The Morgan fingerprint density at radius 2 is 1.86 bits per heavy atom. The first kappa shape index (κ1) is 16.1. The molecule has 118 valence electrons. The lowest BCUT2D eigenvalue weighted by atomic mass is 9.93. The van der Waals surface area contributed by atoms with Crippen LogP contribution < -0.4 is 15.8 Å². The van der Waals surface area contributed by atoms with Crippen LogP contribution in [-0.2, 0) is 10.0 Å². The van der Waals surface area contributed by atoms with Gasteiger partial charge in [0.05, 0.1) is 4.90 Å². The minimum atomic E-state index is -3.76. The molecule has 0 unspecified atom stereocenters. The molecule has 0 saturated heterocycles. The second-order valence-corrected chi connectivity index (χ2v) is 7.32. The number of primary sulfonamides is 1. The average Bonchev–Trinajstić information content (AvgIpc) is 2.43. The molecule has 0 atom stereocenters. The molecular weight excluding hydrogens is 286 g/mol. The molecule has 5 nitrogen and oxygen atoms in total. The Balaban J connectivity index is 2.48. The van der Waals surface area contributed by atoms with Crippen LogP contribution in [0.15, 0.2) is 17.0 Å². The fourth-order valence-electron chi connectivity index (χ4n) is 3.31. The summed E-state index contributed by atoms with van der Waals surface area (Å²) in [5, 5.41) is 5.31. The summed E-state index contributed by atoms with van der Waals surface area (Å²) in [5.74, 6) is 0. The van der Waals surface area contributed by atoms with E-state index >= 15 is 0 Å². The lowest BCUT2D eigenvalue weighted by molar-refractivity contribution is 0.417. The Labute approximate surface area is 127 Å². The summed E-state index contributed by atoms with van der Waals surface area (Å²) in [6, 6.07) is 3.77. The Morgan fingerprint density at radius 3 is 2.38 bits per heavy atom. The highest BCUT2D eigenvalue weighted by molar-refractivity contribution is 7.89. The van der Waals surface area contributed by atoms with Crippen molar-refractivity contribution < 1.29 is 8.42 Å². The first-order valence-corrected chi connectivity index (χ1v) is 9.08.